The van der Waals surface area contributed by atoms with Crippen molar-refractivity contribution in [3.05, 3.63) is 58.4 Å². The van der Waals surface area contributed by atoms with Crippen molar-refractivity contribution in [2.75, 3.05) is 12.4 Å². The summed E-state index contributed by atoms with van der Waals surface area (Å²) >= 11 is 1.35. The fourth-order valence-corrected chi connectivity index (χ4v) is 2.87. The van der Waals surface area contributed by atoms with Crippen LogP contribution in [0.2, 0.25) is 0 Å². The first kappa shape index (κ1) is 16.3. The van der Waals surface area contributed by atoms with Crippen LogP contribution in [0.3, 0.4) is 0 Å². The molecule has 3 aromatic rings. The van der Waals surface area contributed by atoms with E-state index in [-0.39, 0.29) is 5.91 Å². The molecule has 0 saturated heterocycles. The first-order valence-electron chi connectivity index (χ1n) is 7.38. The maximum atomic E-state index is 12.3. The van der Waals surface area contributed by atoms with Crippen LogP contribution >= 0.6 is 11.3 Å². The molecule has 2 aromatic heterocycles. The molecule has 0 fully saturated rings. The summed E-state index contributed by atoms with van der Waals surface area (Å²) in [4.78, 5) is 14.4. The number of amides is 1. The molecular formula is C16H17N5O2S. The third-order valence-corrected chi connectivity index (χ3v) is 4.06. The predicted molar refractivity (Wildman–Crippen MR) is 90.7 cm³/mol. The maximum absolute atomic E-state index is 12.3. The van der Waals surface area contributed by atoms with Crippen LogP contribution in [0.1, 0.15) is 26.7 Å². The van der Waals surface area contributed by atoms with Gasteiger partial charge in [0.2, 0.25) is 5.13 Å². The van der Waals surface area contributed by atoms with E-state index in [1.54, 1.807) is 12.3 Å². The highest BCUT2D eigenvalue weighted by atomic mass is 32.1. The van der Waals surface area contributed by atoms with E-state index in [1.165, 1.54) is 11.3 Å². The van der Waals surface area contributed by atoms with Crippen molar-refractivity contribution in [2.45, 2.75) is 20.0 Å². The molecule has 0 unspecified atom stereocenters. The largest absolute Gasteiger partial charge is 0.360 e. The molecule has 0 saturated carbocycles. The number of hydrogen-bond donors (Lipinski definition) is 1. The molecule has 0 aliphatic rings. The van der Waals surface area contributed by atoms with Gasteiger partial charge in [0.15, 0.2) is 5.76 Å². The molecule has 124 valence electrons. The highest BCUT2D eigenvalue weighted by molar-refractivity contribution is 7.15. The first-order chi connectivity index (χ1) is 11.6. The van der Waals surface area contributed by atoms with Crippen LogP contribution in [0.5, 0.6) is 0 Å². The third kappa shape index (κ3) is 4.24. The molecule has 1 amide bonds. The van der Waals surface area contributed by atoms with Gasteiger partial charge in [0.05, 0.1) is 12.7 Å². The maximum Gasteiger partial charge on any atom is 0.257 e. The number of anilines is 1. The molecular weight excluding hydrogens is 326 g/mol. The summed E-state index contributed by atoms with van der Waals surface area (Å²) in [5.41, 5.74) is 1.63. The lowest BCUT2D eigenvalue weighted by Crippen LogP contribution is -2.18. The third-order valence-electron chi connectivity index (χ3n) is 3.31. The zero-order valence-electron chi connectivity index (χ0n) is 13.4. The number of carbonyl (C=O) groups excluding carboxylic acids is 1. The molecule has 0 bridgehead atoms. The zero-order chi connectivity index (χ0) is 16.9. The Morgan fingerprint density at radius 3 is 2.88 bits per heavy atom. The Labute approximate surface area is 143 Å². The molecule has 3 rings (SSSR count). The van der Waals surface area contributed by atoms with Crippen LogP contribution < -0.4 is 5.32 Å². The second-order valence-corrected chi connectivity index (χ2v) is 6.61. The Morgan fingerprint density at radius 2 is 2.17 bits per heavy atom. The summed E-state index contributed by atoms with van der Waals surface area (Å²) in [6.45, 7) is 3.19. The second-order valence-electron chi connectivity index (χ2n) is 5.43. The lowest BCUT2D eigenvalue weighted by Gasteiger charge is -2.15. The summed E-state index contributed by atoms with van der Waals surface area (Å²) in [5.74, 6) is 0.615. The average Bonchev–Trinajstić information content (AvgIpc) is 3.19. The van der Waals surface area contributed by atoms with E-state index in [0.717, 1.165) is 16.3 Å². The van der Waals surface area contributed by atoms with Gasteiger partial charge >= 0.3 is 0 Å². The Kier molecular flexibility index (Phi) is 4.97. The summed E-state index contributed by atoms with van der Waals surface area (Å²) in [5, 5.41) is 15.6. The van der Waals surface area contributed by atoms with E-state index in [4.69, 9.17) is 4.52 Å². The van der Waals surface area contributed by atoms with E-state index >= 15 is 0 Å². The van der Waals surface area contributed by atoms with E-state index in [1.807, 2.05) is 38.2 Å². The quantitative estimate of drug-likeness (QED) is 0.741. The van der Waals surface area contributed by atoms with Gasteiger partial charge in [0.25, 0.3) is 5.91 Å². The van der Waals surface area contributed by atoms with Gasteiger partial charge in [-0.1, -0.05) is 28.6 Å². The van der Waals surface area contributed by atoms with Crippen molar-refractivity contribution in [3.8, 4) is 0 Å². The number of nitrogens with zero attached hydrogens (tertiary/aromatic N) is 4. The number of carbonyl (C=O) groups is 1. The molecule has 0 atom stereocenters. The molecule has 1 aromatic carbocycles. The number of rotatable bonds is 6. The van der Waals surface area contributed by atoms with Gasteiger partial charge in [-0.3, -0.25) is 15.0 Å². The van der Waals surface area contributed by atoms with Gasteiger partial charge in [-0.15, -0.1) is 10.2 Å². The topological polar surface area (TPSA) is 84.2 Å². The highest BCUT2D eigenvalue weighted by Crippen LogP contribution is 2.16. The molecule has 0 aliphatic carbocycles. The van der Waals surface area contributed by atoms with Crippen LogP contribution in [0, 0.1) is 6.92 Å². The van der Waals surface area contributed by atoms with Crippen molar-refractivity contribution < 1.29 is 9.32 Å². The summed E-state index contributed by atoms with van der Waals surface area (Å²) in [7, 11) is 1.99. The van der Waals surface area contributed by atoms with E-state index in [2.05, 4.69) is 25.6 Å². The Morgan fingerprint density at radius 1 is 1.29 bits per heavy atom. The van der Waals surface area contributed by atoms with Crippen LogP contribution in [-0.2, 0) is 13.1 Å². The van der Waals surface area contributed by atoms with Crippen molar-refractivity contribution in [1.29, 1.82) is 0 Å². The highest BCUT2D eigenvalue weighted by Gasteiger charge is 2.11. The number of aryl methyl sites for hydroxylation is 1. The van der Waals surface area contributed by atoms with Gasteiger partial charge in [-0.2, -0.15) is 0 Å². The molecule has 0 radical (unpaired) electrons. The average molecular weight is 343 g/mol. The Bertz CT molecular complexity index is 816. The Hall–Kier alpha value is -2.58. The number of nitrogens with one attached hydrogen (secondary N) is 1. The lowest BCUT2D eigenvalue weighted by molar-refractivity contribution is 0.102. The van der Waals surface area contributed by atoms with Gasteiger partial charge in [-0.05, 0) is 31.7 Å². The molecule has 1 N–H and O–H groups in total. The van der Waals surface area contributed by atoms with Crippen molar-refractivity contribution in [2.24, 2.45) is 0 Å². The fraction of sp³-hybridized carbons (Fsp3) is 0.250. The van der Waals surface area contributed by atoms with Crippen LogP contribution in [0.25, 0.3) is 0 Å². The predicted octanol–water partition coefficient (Wildman–Crippen LogP) is 2.72. The fourth-order valence-electron chi connectivity index (χ4n) is 2.28. The molecule has 0 aliphatic heterocycles. The Balaban J connectivity index is 1.63. The van der Waals surface area contributed by atoms with Gasteiger partial charge < -0.3 is 4.52 Å². The monoisotopic (exact) mass is 343 g/mol. The summed E-state index contributed by atoms with van der Waals surface area (Å²) in [6.07, 6.45) is 1.63. The van der Waals surface area contributed by atoms with Crippen LogP contribution in [0.15, 0.2) is 41.1 Å². The minimum absolute atomic E-state index is 0.189. The van der Waals surface area contributed by atoms with Gasteiger partial charge in [0, 0.05) is 18.2 Å². The van der Waals surface area contributed by atoms with Crippen LogP contribution in [0.4, 0.5) is 5.13 Å². The number of benzene rings is 1. The molecule has 2 heterocycles. The van der Waals surface area contributed by atoms with Crippen molar-refractivity contribution in [3.63, 3.8) is 0 Å². The van der Waals surface area contributed by atoms with Crippen molar-refractivity contribution >= 4 is 22.4 Å². The lowest BCUT2D eigenvalue weighted by atomic mass is 10.1. The number of hydrogen-bond acceptors (Lipinski definition) is 7. The van der Waals surface area contributed by atoms with Gasteiger partial charge in [0.1, 0.15) is 5.01 Å². The van der Waals surface area contributed by atoms with Crippen molar-refractivity contribution in [1.82, 2.24) is 20.3 Å². The second kappa shape index (κ2) is 7.33. The molecule has 0 spiro atoms. The smallest absolute Gasteiger partial charge is 0.257 e. The zero-order valence-corrected chi connectivity index (χ0v) is 14.2. The normalized spacial score (nSPS) is 11.0. The SMILES string of the molecule is Cc1nnc(NC(=O)c2cccc(CN(C)Cc3ccno3)c2)s1. The number of aromatic nitrogens is 3. The molecule has 8 heteroatoms. The summed E-state index contributed by atoms with van der Waals surface area (Å²) < 4.78 is 5.10. The van der Waals surface area contributed by atoms with E-state index < -0.39 is 0 Å². The standard InChI is InChI=1S/C16H17N5O2S/c1-11-19-20-16(24-11)18-15(22)13-5-3-4-12(8-13)9-21(2)10-14-6-7-17-23-14/h3-8H,9-10H2,1-2H3,(H,18,20,22). The minimum Gasteiger partial charge on any atom is -0.360 e. The minimum atomic E-state index is -0.189. The summed E-state index contributed by atoms with van der Waals surface area (Å²) in [6, 6.07) is 9.36. The molecule has 7 nitrogen and oxygen atoms in total. The van der Waals surface area contributed by atoms with E-state index in [9.17, 15) is 4.79 Å². The van der Waals surface area contributed by atoms with Crippen LogP contribution in [-0.4, -0.2) is 33.2 Å². The molecule has 24 heavy (non-hydrogen) atoms. The van der Waals surface area contributed by atoms with Gasteiger partial charge in [-0.25, -0.2) is 0 Å². The van der Waals surface area contributed by atoms with E-state index in [0.29, 0.717) is 23.8 Å². The first-order valence-corrected chi connectivity index (χ1v) is 8.20.